The first-order chi connectivity index (χ1) is 10.5. The molecule has 108 valence electrons. The van der Waals surface area contributed by atoms with Gasteiger partial charge in [-0.05, 0) is 31.0 Å². The molecule has 6 nitrogen and oxygen atoms in total. The van der Waals surface area contributed by atoms with Gasteiger partial charge in [-0.15, -0.1) is 0 Å². The maximum absolute atomic E-state index is 12.5. The Labute approximate surface area is 126 Å². The molecule has 1 heterocycles. The van der Waals surface area contributed by atoms with Crippen molar-refractivity contribution < 1.29 is 4.42 Å². The van der Waals surface area contributed by atoms with Crippen LogP contribution < -0.4 is 11.2 Å². The lowest BCUT2D eigenvalue weighted by Crippen LogP contribution is -2.10. The van der Waals surface area contributed by atoms with E-state index in [1.807, 2.05) is 19.9 Å². The molecule has 6 heteroatoms. The lowest BCUT2D eigenvalue weighted by atomic mass is 10.1. The number of rotatable bonds is 2. The first-order valence-electron chi connectivity index (χ1n) is 6.34. The molecule has 2 N–H and O–H groups in total. The third kappa shape index (κ3) is 2.72. The number of hydrogen-bond acceptors (Lipinski definition) is 6. The Morgan fingerprint density at radius 1 is 1.32 bits per heavy atom. The minimum atomic E-state index is -0.310. The summed E-state index contributed by atoms with van der Waals surface area (Å²) in [6, 6.07) is 6.99. The topological polar surface area (TPSA) is 116 Å². The van der Waals surface area contributed by atoms with E-state index in [9.17, 15) is 4.79 Å². The van der Waals surface area contributed by atoms with E-state index in [2.05, 4.69) is 4.99 Å². The predicted molar refractivity (Wildman–Crippen MR) is 82.0 cm³/mol. The lowest BCUT2D eigenvalue weighted by Gasteiger charge is -2.03. The molecule has 0 bridgehead atoms. The normalized spacial score (nSPS) is 12.0. The summed E-state index contributed by atoms with van der Waals surface area (Å²) in [7, 11) is 0. The van der Waals surface area contributed by atoms with Crippen molar-refractivity contribution in [3.63, 3.8) is 0 Å². The van der Waals surface area contributed by atoms with Gasteiger partial charge in [-0.3, -0.25) is 4.79 Å². The molecule has 2 rings (SSSR count). The second-order valence-electron chi connectivity index (χ2n) is 4.72. The van der Waals surface area contributed by atoms with Gasteiger partial charge in [0.2, 0.25) is 5.43 Å². The molecular weight excluding hydrogens is 280 g/mol. The van der Waals surface area contributed by atoms with Crippen LogP contribution in [0.5, 0.6) is 0 Å². The molecule has 0 unspecified atom stereocenters. The van der Waals surface area contributed by atoms with Crippen LogP contribution in [0.1, 0.15) is 16.7 Å². The summed E-state index contributed by atoms with van der Waals surface area (Å²) in [4.78, 5) is 16.2. The number of benzene rings is 1. The van der Waals surface area contributed by atoms with E-state index in [4.69, 9.17) is 20.7 Å². The molecule has 0 saturated carbocycles. The van der Waals surface area contributed by atoms with Crippen molar-refractivity contribution in [1.82, 2.24) is 0 Å². The second-order valence-corrected chi connectivity index (χ2v) is 4.72. The highest BCUT2D eigenvalue weighted by atomic mass is 16.3. The summed E-state index contributed by atoms with van der Waals surface area (Å²) in [5.74, 6) is 0. The van der Waals surface area contributed by atoms with Gasteiger partial charge in [0.05, 0.1) is 10.9 Å². The number of allylic oxidation sites excluding steroid dienone is 2. The fourth-order valence-corrected chi connectivity index (χ4v) is 2.07. The average molecular weight is 292 g/mol. The molecule has 0 aliphatic carbocycles. The Morgan fingerprint density at radius 2 is 2.05 bits per heavy atom. The summed E-state index contributed by atoms with van der Waals surface area (Å²) >= 11 is 0. The third-order valence-electron chi connectivity index (χ3n) is 3.06. The van der Waals surface area contributed by atoms with E-state index in [1.165, 1.54) is 12.5 Å². The molecule has 1 aromatic heterocycles. The van der Waals surface area contributed by atoms with Crippen LogP contribution in [0.25, 0.3) is 11.0 Å². The van der Waals surface area contributed by atoms with Crippen LogP contribution in [0.3, 0.4) is 0 Å². The summed E-state index contributed by atoms with van der Waals surface area (Å²) in [6.07, 6.45) is 2.44. The van der Waals surface area contributed by atoms with Gasteiger partial charge >= 0.3 is 0 Å². The van der Waals surface area contributed by atoms with Crippen molar-refractivity contribution >= 4 is 17.2 Å². The summed E-state index contributed by atoms with van der Waals surface area (Å²) < 4.78 is 5.45. The second kappa shape index (κ2) is 5.94. The van der Waals surface area contributed by atoms with Gasteiger partial charge in [0, 0.05) is 6.21 Å². The molecule has 1 aromatic carbocycles. The largest absolute Gasteiger partial charge is 0.463 e. The molecule has 0 aliphatic rings. The summed E-state index contributed by atoms with van der Waals surface area (Å²) in [5, 5.41) is 18.0. The number of fused-ring (bicyclic) bond motifs is 1. The van der Waals surface area contributed by atoms with Crippen molar-refractivity contribution in [2.24, 2.45) is 10.7 Å². The zero-order valence-electron chi connectivity index (χ0n) is 12.0. The van der Waals surface area contributed by atoms with Crippen LogP contribution in [-0.4, -0.2) is 6.21 Å². The molecule has 0 radical (unpaired) electrons. The van der Waals surface area contributed by atoms with Crippen molar-refractivity contribution in [2.75, 3.05) is 0 Å². The SMILES string of the molecule is Cc1cc(C)c2c(=O)c(C=N/C(C#N)=C(/N)C#N)coc2c1. The fraction of sp³-hybridized carbons (Fsp3) is 0.125. The van der Waals surface area contributed by atoms with Gasteiger partial charge in [0.15, 0.2) is 5.70 Å². The Balaban J connectivity index is 2.61. The standard InChI is InChI=1S/C16H12N4O2/c1-9-3-10(2)15-14(4-9)22-8-11(16(15)21)7-20-13(6-18)12(19)5-17/h3-4,7-8H,19H2,1-2H3/b13-12+,20-7?. The highest BCUT2D eigenvalue weighted by Gasteiger charge is 2.09. The van der Waals surface area contributed by atoms with Crippen molar-refractivity contribution in [3.05, 3.63) is 56.7 Å². The maximum atomic E-state index is 12.5. The van der Waals surface area contributed by atoms with Gasteiger partial charge in [-0.25, -0.2) is 4.99 Å². The number of aryl methyl sites for hydroxylation is 2. The molecule has 0 fully saturated rings. The smallest absolute Gasteiger partial charge is 0.201 e. The third-order valence-corrected chi connectivity index (χ3v) is 3.06. The van der Waals surface area contributed by atoms with E-state index < -0.39 is 0 Å². The zero-order valence-corrected chi connectivity index (χ0v) is 12.0. The first kappa shape index (κ1) is 15.0. The zero-order chi connectivity index (χ0) is 16.3. The fourth-order valence-electron chi connectivity index (χ4n) is 2.07. The number of hydrogen-bond donors (Lipinski definition) is 1. The van der Waals surface area contributed by atoms with Crippen LogP contribution in [0.2, 0.25) is 0 Å². The lowest BCUT2D eigenvalue weighted by molar-refractivity contribution is 0.601. The molecule has 2 aromatic rings. The monoisotopic (exact) mass is 292 g/mol. The molecule has 22 heavy (non-hydrogen) atoms. The van der Waals surface area contributed by atoms with Crippen LogP contribution in [0.15, 0.2) is 44.0 Å². The van der Waals surface area contributed by atoms with Crippen LogP contribution >= 0.6 is 0 Å². The first-order valence-corrected chi connectivity index (χ1v) is 6.34. The van der Waals surface area contributed by atoms with Crippen molar-refractivity contribution in [2.45, 2.75) is 13.8 Å². The molecule has 0 amide bonds. The molecule has 0 saturated heterocycles. The van der Waals surface area contributed by atoms with Crippen molar-refractivity contribution in [1.29, 1.82) is 10.5 Å². The number of nitrogens with two attached hydrogens (primary N) is 1. The Kier molecular flexibility index (Phi) is 4.06. The van der Waals surface area contributed by atoms with Gasteiger partial charge in [0.1, 0.15) is 29.7 Å². The predicted octanol–water partition coefficient (Wildman–Crippen LogP) is 2.05. The minimum Gasteiger partial charge on any atom is -0.463 e. The van der Waals surface area contributed by atoms with Gasteiger partial charge in [-0.1, -0.05) is 6.07 Å². The maximum Gasteiger partial charge on any atom is 0.201 e. The quantitative estimate of drug-likeness (QED) is 0.671. The highest BCUT2D eigenvalue weighted by Crippen LogP contribution is 2.17. The van der Waals surface area contributed by atoms with Gasteiger partial charge < -0.3 is 10.2 Å². The number of aliphatic imine (C=N–C) groups is 1. The Morgan fingerprint density at radius 3 is 2.68 bits per heavy atom. The van der Waals surface area contributed by atoms with Crippen molar-refractivity contribution in [3.8, 4) is 12.1 Å². The Hall–Kier alpha value is -3.38. The van der Waals surface area contributed by atoms with E-state index in [-0.39, 0.29) is 22.4 Å². The number of nitriles is 2. The van der Waals surface area contributed by atoms with E-state index in [1.54, 1.807) is 18.2 Å². The highest BCUT2D eigenvalue weighted by molar-refractivity contribution is 5.88. The van der Waals surface area contributed by atoms with E-state index in [0.717, 1.165) is 11.1 Å². The van der Waals surface area contributed by atoms with Gasteiger partial charge in [0.25, 0.3) is 0 Å². The van der Waals surface area contributed by atoms with Crippen LogP contribution in [-0.2, 0) is 0 Å². The van der Waals surface area contributed by atoms with Gasteiger partial charge in [-0.2, -0.15) is 10.5 Å². The van der Waals surface area contributed by atoms with Crippen LogP contribution in [0.4, 0.5) is 0 Å². The molecular formula is C16H12N4O2. The number of nitrogens with zero attached hydrogens (tertiary/aromatic N) is 3. The summed E-state index contributed by atoms with van der Waals surface area (Å²) in [6.45, 7) is 3.73. The molecule has 0 aliphatic heterocycles. The molecule has 0 spiro atoms. The van der Waals surface area contributed by atoms with Crippen LogP contribution in [0, 0.1) is 36.5 Å². The van der Waals surface area contributed by atoms with E-state index >= 15 is 0 Å². The van der Waals surface area contributed by atoms with E-state index in [0.29, 0.717) is 11.0 Å². The Bertz CT molecular complexity index is 953. The minimum absolute atomic E-state index is 0.179. The average Bonchev–Trinajstić information content (AvgIpc) is 2.48. The summed E-state index contributed by atoms with van der Waals surface area (Å²) in [5.41, 5.74) is 6.99. The molecule has 0 atom stereocenters.